The average Bonchev–Trinajstić information content (AvgIpc) is 3.29. The molecule has 33 heavy (non-hydrogen) atoms. The minimum Gasteiger partial charge on any atom is -0.491 e. The Balaban J connectivity index is 1.50. The van der Waals surface area contributed by atoms with Crippen molar-refractivity contribution in [2.75, 3.05) is 13.2 Å². The summed E-state index contributed by atoms with van der Waals surface area (Å²) in [5.41, 5.74) is -0.371. The quantitative estimate of drug-likeness (QED) is 0.685. The predicted octanol–water partition coefficient (Wildman–Crippen LogP) is 1.87. The number of rotatable bonds is 4. The van der Waals surface area contributed by atoms with Gasteiger partial charge in [-0.3, -0.25) is 29.4 Å². The van der Waals surface area contributed by atoms with Crippen LogP contribution in [-0.4, -0.2) is 70.4 Å². The fourth-order valence-electron chi connectivity index (χ4n) is 4.36. The molecule has 2 fully saturated rings. The number of piperidine rings is 1. The van der Waals surface area contributed by atoms with E-state index < -0.39 is 41.4 Å². The maximum absolute atomic E-state index is 13.2. The number of hydrogen-bond acceptors (Lipinski definition) is 7. The minimum atomic E-state index is -1.04. The number of benzene rings is 1. The van der Waals surface area contributed by atoms with Crippen LogP contribution in [0.15, 0.2) is 18.2 Å². The number of imide groups is 2. The molecular weight excluding hydrogens is 430 g/mol. The van der Waals surface area contributed by atoms with Crippen LogP contribution < -0.4 is 10.1 Å². The third-order valence-corrected chi connectivity index (χ3v) is 5.87. The third kappa shape index (κ3) is 4.42. The van der Waals surface area contributed by atoms with Crippen molar-refractivity contribution < 1.29 is 33.4 Å². The van der Waals surface area contributed by atoms with Crippen molar-refractivity contribution in [2.45, 2.75) is 64.1 Å². The first kappa shape index (κ1) is 22.8. The molecule has 0 aliphatic carbocycles. The number of amides is 5. The number of nitrogens with one attached hydrogen (secondary N) is 1. The molecular formula is C23H27N3O7. The van der Waals surface area contributed by atoms with Crippen LogP contribution in [0.5, 0.6) is 5.75 Å². The molecule has 3 aliphatic heterocycles. The number of carbonyl (C=O) groups is 5. The van der Waals surface area contributed by atoms with Crippen LogP contribution in [0.1, 0.15) is 67.2 Å². The van der Waals surface area contributed by atoms with Gasteiger partial charge in [-0.05, 0) is 52.2 Å². The van der Waals surface area contributed by atoms with Crippen LogP contribution in [0.3, 0.4) is 0 Å². The summed E-state index contributed by atoms with van der Waals surface area (Å²) in [5, 5.41) is 2.18. The van der Waals surface area contributed by atoms with E-state index in [0.29, 0.717) is 6.54 Å². The second kappa shape index (κ2) is 8.49. The highest BCUT2D eigenvalue weighted by Crippen LogP contribution is 2.34. The molecule has 3 aliphatic rings. The Bertz CT molecular complexity index is 1030. The van der Waals surface area contributed by atoms with Gasteiger partial charge < -0.3 is 14.4 Å². The molecule has 0 radical (unpaired) electrons. The van der Waals surface area contributed by atoms with Gasteiger partial charge in [-0.25, -0.2) is 4.79 Å². The maximum Gasteiger partial charge on any atom is 0.410 e. The topological polar surface area (TPSA) is 122 Å². The Labute approximate surface area is 191 Å². The summed E-state index contributed by atoms with van der Waals surface area (Å²) >= 11 is 0. The van der Waals surface area contributed by atoms with Gasteiger partial charge in [0, 0.05) is 13.0 Å². The van der Waals surface area contributed by atoms with Gasteiger partial charge in [0.25, 0.3) is 11.8 Å². The fourth-order valence-corrected chi connectivity index (χ4v) is 4.36. The zero-order valence-electron chi connectivity index (χ0n) is 18.9. The van der Waals surface area contributed by atoms with Crippen molar-refractivity contribution in [3.63, 3.8) is 0 Å². The van der Waals surface area contributed by atoms with Crippen LogP contribution in [0, 0.1) is 0 Å². The molecule has 10 heteroatoms. The lowest BCUT2D eigenvalue weighted by atomic mass is 10.0. The Hall–Kier alpha value is -3.43. The molecule has 2 unspecified atom stereocenters. The van der Waals surface area contributed by atoms with E-state index >= 15 is 0 Å². The molecule has 0 spiro atoms. The van der Waals surface area contributed by atoms with E-state index in [0.717, 1.165) is 17.7 Å². The van der Waals surface area contributed by atoms with E-state index in [9.17, 15) is 24.0 Å². The largest absolute Gasteiger partial charge is 0.491 e. The van der Waals surface area contributed by atoms with E-state index in [4.69, 9.17) is 9.47 Å². The summed E-state index contributed by atoms with van der Waals surface area (Å²) in [5.74, 6) is -2.09. The first-order chi connectivity index (χ1) is 15.6. The van der Waals surface area contributed by atoms with Crippen molar-refractivity contribution in [1.29, 1.82) is 0 Å². The number of ether oxygens (including phenoxy) is 2. The lowest BCUT2D eigenvalue weighted by Gasteiger charge is -2.29. The first-order valence-electron chi connectivity index (χ1n) is 11.0. The number of fused-ring (bicyclic) bond motifs is 1. The zero-order chi connectivity index (χ0) is 23.9. The van der Waals surface area contributed by atoms with Gasteiger partial charge in [0.2, 0.25) is 11.8 Å². The molecule has 2 saturated heterocycles. The highest BCUT2D eigenvalue weighted by atomic mass is 16.6. The van der Waals surface area contributed by atoms with Crippen LogP contribution in [0.25, 0.3) is 0 Å². The number of nitrogens with zero attached hydrogens (tertiary/aromatic N) is 2. The maximum atomic E-state index is 13.2. The summed E-state index contributed by atoms with van der Waals surface area (Å²) in [4.78, 5) is 64.8. The van der Waals surface area contributed by atoms with E-state index in [-0.39, 0.29) is 42.4 Å². The van der Waals surface area contributed by atoms with Crippen molar-refractivity contribution in [3.05, 3.63) is 29.3 Å². The van der Waals surface area contributed by atoms with Crippen LogP contribution >= 0.6 is 0 Å². The summed E-state index contributed by atoms with van der Waals surface area (Å²) in [7, 11) is 0. The number of carbonyl (C=O) groups excluding carboxylic acids is 5. The first-order valence-corrected chi connectivity index (χ1v) is 11.0. The van der Waals surface area contributed by atoms with Crippen molar-refractivity contribution in [1.82, 2.24) is 15.1 Å². The molecule has 0 bridgehead atoms. The van der Waals surface area contributed by atoms with Gasteiger partial charge in [-0.15, -0.1) is 0 Å². The van der Waals surface area contributed by atoms with Gasteiger partial charge in [0.15, 0.2) is 0 Å². The Morgan fingerprint density at radius 1 is 1.12 bits per heavy atom. The Kier molecular flexibility index (Phi) is 5.85. The van der Waals surface area contributed by atoms with Gasteiger partial charge in [-0.1, -0.05) is 6.07 Å². The second-order valence-electron chi connectivity index (χ2n) is 9.41. The molecule has 0 saturated carbocycles. The third-order valence-electron chi connectivity index (χ3n) is 5.87. The van der Waals surface area contributed by atoms with E-state index in [1.807, 2.05) is 0 Å². The average molecular weight is 457 g/mol. The van der Waals surface area contributed by atoms with Gasteiger partial charge >= 0.3 is 6.09 Å². The molecule has 1 aromatic rings. The number of hydrogen-bond donors (Lipinski definition) is 1. The highest BCUT2D eigenvalue weighted by molar-refractivity contribution is 6.24. The molecule has 4 rings (SSSR count). The molecule has 0 aromatic heterocycles. The van der Waals surface area contributed by atoms with Gasteiger partial charge in [0.1, 0.15) is 24.0 Å². The molecule has 176 valence electrons. The van der Waals surface area contributed by atoms with Crippen LogP contribution in [0.2, 0.25) is 0 Å². The molecule has 1 aromatic carbocycles. The standard InChI is InChI=1S/C23H27N3O7/c1-23(2,3)33-22(31)25-11-5-6-13(25)12-32-16-8-4-7-14-18(16)21(30)26(20(14)29)15-9-10-17(27)24-19(15)28/h4,7-8,13,15H,5-6,9-12H2,1-3H3,(H,24,27,28). The van der Waals surface area contributed by atoms with Crippen LogP contribution in [-0.2, 0) is 14.3 Å². The van der Waals surface area contributed by atoms with Crippen LogP contribution in [0.4, 0.5) is 4.79 Å². The SMILES string of the molecule is CC(C)(C)OC(=O)N1CCCC1COc1cccc2c1C(=O)N(C1CCC(=O)NC1=O)C2=O. The van der Waals surface area contributed by atoms with E-state index in [1.165, 1.54) is 6.07 Å². The smallest absolute Gasteiger partial charge is 0.410 e. The van der Waals surface area contributed by atoms with Crippen molar-refractivity contribution in [2.24, 2.45) is 0 Å². The molecule has 5 amide bonds. The molecule has 1 N–H and O–H groups in total. The number of likely N-dealkylation sites (tertiary alicyclic amines) is 1. The predicted molar refractivity (Wildman–Crippen MR) is 115 cm³/mol. The highest BCUT2D eigenvalue weighted by Gasteiger charge is 2.46. The van der Waals surface area contributed by atoms with Gasteiger partial charge in [-0.2, -0.15) is 0 Å². The normalized spacial score (nSPS) is 23.0. The lowest BCUT2D eigenvalue weighted by Crippen LogP contribution is -2.54. The zero-order valence-corrected chi connectivity index (χ0v) is 18.9. The summed E-state index contributed by atoms with van der Waals surface area (Å²) < 4.78 is 11.4. The monoisotopic (exact) mass is 457 g/mol. The fraction of sp³-hybridized carbons (Fsp3) is 0.522. The van der Waals surface area contributed by atoms with Crippen molar-refractivity contribution in [3.8, 4) is 5.75 Å². The summed E-state index contributed by atoms with van der Waals surface area (Å²) in [6.07, 6.45) is 1.25. The van der Waals surface area contributed by atoms with Gasteiger partial charge in [0.05, 0.1) is 17.2 Å². The van der Waals surface area contributed by atoms with Crippen molar-refractivity contribution >= 4 is 29.7 Å². The van der Waals surface area contributed by atoms with E-state index in [1.54, 1.807) is 37.8 Å². The summed E-state index contributed by atoms with van der Waals surface area (Å²) in [6, 6.07) is 3.43. The minimum absolute atomic E-state index is 0.0509. The molecule has 3 heterocycles. The Morgan fingerprint density at radius 2 is 1.88 bits per heavy atom. The lowest BCUT2D eigenvalue weighted by molar-refractivity contribution is -0.136. The Morgan fingerprint density at radius 3 is 2.58 bits per heavy atom. The molecule has 10 nitrogen and oxygen atoms in total. The van der Waals surface area contributed by atoms with E-state index in [2.05, 4.69) is 5.32 Å². The molecule has 2 atom stereocenters. The second-order valence-corrected chi connectivity index (χ2v) is 9.41. The summed E-state index contributed by atoms with van der Waals surface area (Å²) in [6.45, 7) is 6.09.